The van der Waals surface area contributed by atoms with E-state index >= 15 is 0 Å². The second kappa shape index (κ2) is 7.46. The molecule has 0 saturated carbocycles. The van der Waals surface area contributed by atoms with Crippen molar-refractivity contribution >= 4 is 45.8 Å². The highest BCUT2D eigenvalue weighted by Crippen LogP contribution is 2.30. The van der Waals surface area contributed by atoms with E-state index in [4.69, 9.17) is 0 Å². The highest BCUT2D eigenvalue weighted by molar-refractivity contribution is 8.02. The first-order valence-corrected chi connectivity index (χ1v) is 10.0. The molecule has 120 valence electrons. The van der Waals surface area contributed by atoms with Crippen molar-refractivity contribution in [1.82, 2.24) is 20.2 Å². The van der Waals surface area contributed by atoms with Gasteiger partial charge < -0.3 is 4.98 Å². The maximum absolute atomic E-state index is 12.2. The van der Waals surface area contributed by atoms with Crippen molar-refractivity contribution in [3.8, 4) is 0 Å². The zero-order valence-corrected chi connectivity index (χ0v) is 15.3. The lowest BCUT2D eigenvalue weighted by molar-refractivity contribution is 0.950. The summed E-state index contributed by atoms with van der Waals surface area (Å²) >= 11 is 4.86. The van der Waals surface area contributed by atoms with Crippen molar-refractivity contribution in [1.29, 1.82) is 0 Å². The fourth-order valence-corrected chi connectivity index (χ4v) is 4.87. The Hall–Kier alpha value is -1.38. The number of thioether (sulfide) groups is 2. The average Bonchev–Trinajstić information content (AvgIpc) is 3.00. The summed E-state index contributed by atoms with van der Waals surface area (Å²) < 4.78 is 1.89. The highest BCUT2D eigenvalue weighted by atomic mass is 32.2. The summed E-state index contributed by atoms with van der Waals surface area (Å²) in [5, 5.41) is 8.98. The van der Waals surface area contributed by atoms with Gasteiger partial charge in [-0.15, -0.1) is 10.2 Å². The van der Waals surface area contributed by atoms with E-state index in [1.54, 1.807) is 40.9 Å². The number of nitrogens with one attached hydrogen (secondary N) is 1. The monoisotopic (exact) mass is 364 g/mol. The summed E-state index contributed by atoms with van der Waals surface area (Å²) in [6.45, 7) is 4.11. The minimum Gasteiger partial charge on any atom is -0.309 e. The van der Waals surface area contributed by atoms with Gasteiger partial charge in [0.05, 0.1) is 16.7 Å². The molecule has 2 aromatic heterocycles. The van der Waals surface area contributed by atoms with Crippen molar-refractivity contribution in [2.75, 3.05) is 5.75 Å². The van der Waals surface area contributed by atoms with Crippen LogP contribution in [0.25, 0.3) is 10.9 Å². The van der Waals surface area contributed by atoms with Crippen molar-refractivity contribution < 1.29 is 0 Å². The number of fused-ring (bicyclic) bond motifs is 1. The Morgan fingerprint density at radius 1 is 1.22 bits per heavy atom. The molecule has 1 N–H and O–H groups in total. The Kier molecular flexibility index (Phi) is 5.34. The van der Waals surface area contributed by atoms with Crippen molar-refractivity contribution in [2.24, 2.45) is 0 Å². The number of nitrogens with zero attached hydrogens (tertiary/aromatic N) is 3. The number of H-pyrrole nitrogens is 1. The molecule has 2 heterocycles. The first-order valence-electron chi connectivity index (χ1n) is 7.25. The van der Waals surface area contributed by atoms with Crippen LogP contribution in [0.2, 0.25) is 0 Å². The molecule has 0 bridgehead atoms. The van der Waals surface area contributed by atoms with E-state index in [0.29, 0.717) is 17.0 Å². The topological polar surface area (TPSA) is 71.5 Å². The first-order chi connectivity index (χ1) is 11.2. The second-order valence-corrected chi connectivity index (χ2v) is 8.50. The molecule has 8 heteroatoms. The predicted octanol–water partition coefficient (Wildman–Crippen LogP) is 3.88. The smallest absolute Gasteiger partial charge is 0.258 e. The summed E-state index contributed by atoms with van der Waals surface area (Å²) in [5.41, 5.74) is 1.68. The number of rotatable bonds is 6. The fraction of sp³-hybridized carbons (Fsp3) is 0.333. The average molecular weight is 365 g/mol. The van der Waals surface area contributed by atoms with Gasteiger partial charge in [-0.1, -0.05) is 53.9 Å². The van der Waals surface area contributed by atoms with Gasteiger partial charge in [-0.3, -0.25) is 4.79 Å². The van der Waals surface area contributed by atoms with Crippen molar-refractivity contribution in [3.05, 3.63) is 39.9 Å². The standard InChI is InChI=1S/C15H16N4OS3/c1-3-7-21-14-18-19-15(23-14)22-8-11-16-12-9(2)5-4-6-10(12)13(20)17-11/h4-6H,3,7-8H2,1-2H3,(H,16,17,20). The van der Waals surface area contributed by atoms with Gasteiger partial charge in [0.1, 0.15) is 5.82 Å². The van der Waals surface area contributed by atoms with Gasteiger partial charge in [0.25, 0.3) is 5.56 Å². The quantitative estimate of drug-likeness (QED) is 0.669. The molecule has 0 spiro atoms. The van der Waals surface area contributed by atoms with Crippen molar-refractivity contribution in [3.63, 3.8) is 0 Å². The van der Waals surface area contributed by atoms with E-state index in [0.717, 1.165) is 31.9 Å². The molecule has 5 nitrogen and oxygen atoms in total. The Bertz CT molecular complexity index is 875. The molecule has 3 aromatic rings. The van der Waals surface area contributed by atoms with Gasteiger partial charge in [-0.2, -0.15) is 0 Å². The molecule has 3 rings (SSSR count). The summed E-state index contributed by atoms with van der Waals surface area (Å²) in [7, 11) is 0. The Morgan fingerprint density at radius 2 is 2.00 bits per heavy atom. The van der Waals surface area contributed by atoms with Crippen LogP contribution in [0, 0.1) is 6.92 Å². The van der Waals surface area contributed by atoms with Crippen LogP contribution < -0.4 is 5.56 Å². The molecule has 0 aliphatic carbocycles. The van der Waals surface area contributed by atoms with Crippen LogP contribution in [0.1, 0.15) is 24.7 Å². The molecule has 0 saturated heterocycles. The van der Waals surface area contributed by atoms with Crippen LogP contribution >= 0.6 is 34.9 Å². The lowest BCUT2D eigenvalue weighted by atomic mass is 10.1. The van der Waals surface area contributed by atoms with Gasteiger partial charge in [0, 0.05) is 5.75 Å². The normalized spacial score (nSPS) is 11.2. The fourth-order valence-electron chi connectivity index (χ4n) is 2.05. The molecule has 0 unspecified atom stereocenters. The van der Waals surface area contributed by atoms with Gasteiger partial charge in [0.2, 0.25) is 0 Å². The third-order valence-electron chi connectivity index (χ3n) is 3.14. The zero-order valence-electron chi connectivity index (χ0n) is 12.8. The van der Waals surface area contributed by atoms with Crippen LogP contribution in [0.3, 0.4) is 0 Å². The number of aromatic amines is 1. The largest absolute Gasteiger partial charge is 0.309 e. The summed E-state index contributed by atoms with van der Waals surface area (Å²) in [6, 6.07) is 5.64. The van der Waals surface area contributed by atoms with E-state index in [9.17, 15) is 4.79 Å². The van der Waals surface area contributed by atoms with Gasteiger partial charge >= 0.3 is 0 Å². The van der Waals surface area contributed by atoms with E-state index in [-0.39, 0.29) is 5.56 Å². The van der Waals surface area contributed by atoms with Gasteiger partial charge in [0.15, 0.2) is 8.68 Å². The Labute approximate surface area is 146 Å². The maximum atomic E-state index is 12.2. The number of benzene rings is 1. The molecular weight excluding hydrogens is 348 g/mol. The van der Waals surface area contributed by atoms with E-state index < -0.39 is 0 Å². The maximum Gasteiger partial charge on any atom is 0.258 e. The highest BCUT2D eigenvalue weighted by Gasteiger charge is 2.09. The third-order valence-corrected chi connectivity index (χ3v) is 6.54. The Balaban J connectivity index is 1.75. The number of hydrogen-bond donors (Lipinski definition) is 1. The molecule has 0 amide bonds. The molecule has 0 aliphatic rings. The molecule has 0 fully saturated rings. The Morgan fingerprint density at radius 3 is 2.78 bits per heavy atom. The van der Waals surface area contributed by atoms with Crippen LogP contribution in [-0.2, 0) is 5.75 Å². The third kappa shape index (κ3) is 3.94. The van der Waals surface area contributed by atoms with E-state index in [1.807, 2.05) is 19.1 Å². The lowest BCUT2D eigenvalue weighted by Crippen LogP contribution is -2.11. The van der Waals surface area contributed by atoms with Gasteiger partial charge in [-0.05, 0) is 25.0 Å². The van der Waals surface area contributed by atoms with E-state index in [1.165, 1.54) is 0 Å². The number of hydrogen-bond acceptors (Lipinski definition) is 7. The molecule has 0 aliphatic heterocycles. The molecule has 23 heavy (non-hydrogen) atoms. The first kappa shape index (κ1) is 16.5. The zero-order chi connectivity index (χ0) is 16.2. The molecule has 0 atom stereocenters. The minimum atomic E-state index is -0.0919. The van der Waals surface area contributed by atoms with Crippen molar-refractivity contribution in [2.45, 2.75) is 34.7 Å². The number of aryl methyl sites for hydroxylation is 1. The summed E-state index contributed by atoms with van der Waals surface area (Å²) in [4.78, 5) is 19.6. The molecule has 1 aromatic carbocycles. The van der Waals surface area contributed by atoms with Crippen LogP contribution in [0.15, 0.2) is 31.7 Å². The second-order valence-electron chi connectivity index (χ2n) is 4.95. The van der Waals surface area contributed by atoms with Crippen LogP contribution in [0.4, 0.5) is 0 Å². The number of para-hydroxylation sites is 1. The summed E-state index contributed by atoms with van der Waals surface area (Å²) in [5.74, 6) is 2.30. The van der Waals surface area contributed by atoms with E-state index in [2.05, 4.69) is 27.1 Å². The van der Waals surface area contributed by atoms with Crippen LogP contribution in [0.5, 0.6) is 0 Å². The summed E-state index contributed by atoms with van der Waals surface area (Å²) in [6.07, 6.45) is 1.12. The molecular formula is C15H16N4OS3. The minimum absolute atomic E-state index is 0.0919. The number of aromatic nitrogens is 4. The lowest BCUT2D eigenvalue weighted by Gasteiger charge is -2.03. The van der Waals surface area contributed by atoms with Crippen LogP contribution in [-0.4, -0.2) is 25.9 Å². The predicted molar refractivity (Wildman–Crippen MR) is 97.6 cm³/mol. The molecule has 0 radical (unpaired) electrons. The SMILES string of the molecule is CCCSc1nnc(SCc2nc3c(C)cccc3c(=O)[nH]2)s1. The van der Waals surface area contributed by atoms with Gasteiger partial charge in [-0.25, -0.2) is 4.98 Å².